The van der Waals surface area contributed by atoms with Crippen molar-refractivity contribution in [1.29, 1.82) is 0 Å². The molecule has 0 fully saturated rings. The van der Waals surface area contributed by atoms with Crippen LogP contribution in [-0.4, -0.2) is 39.3 Å². The van der Waals surface area contributed by atoms with Gasteiger partial charge < -0.3 is 24.3 Å². The average Bonchev–Trinajstić information content (AvgIpc) is 2.69. The zero-order valence-corrected chi connectivity index (χ0v) is 16.6. The third kappa shape index (κ3) is 5.75. The molecule has 0 saturated heterocycles. The van der Waals surface area contributed by atoms with Crippen LogP contribution in [0, 0.1) is 0 Å². The number of benzene rings is 2. The summed E-state index contributed by atoms with van der Waals surface area (Å²) in [5.41, 5.74) is 4.31. The van der Waals surface area contributed by atoms with Crippen LogP contribution in [0.15, 0.2) is 41.5 Å². The molecular formula is C19H23N3O4S. The fraction of sp³-hybridized carbons (Fsp3) is 0.263. The Kier molecular flexibility index (Phi) is 7.69. The maximum absolute atomic E-state index is 5.41. The van der Waals surface area contributed by atoms with E-state index in [1.807, 2.05) is 31.2 Å². The summed E-state index contributed by atoms with van der Waals surface area (Å²) in [7, 11) is 4.71. The summed E-state index contributed by atoms with van der Waals surface area (Å²) in [5, 5.41) is 7.54. The van der Waals surface area contributed by atoms with E-state index >= 15 is 0 Å². The maximum atomic E-state index is 5.41. The summed E-state index contributed by atoms with van der Waals surface area (Å²) in [5.74, 6) is 2.56. The Bertz CT molecular complexity index is 794. The van der Waals surface area contributed by atoms with E-state index in [2.05, 4.69) is 15.8 Å². The van der Waals surface area contributed by atoms with Gasteiger partial charge in [0.25, 0.3) is 0 Å². The van der Waals surface area contributed by atoms with Crippen LogP contribution in [0.25, 0.3) is 0 Å². The van der Waals surface area contributed by atoms with Crippen molar-refractivity contribution >= 4 is 29.2 Å². The Morgan fingerprint density at radius 1 is 1.00 bits per heavy atom. The Morgan fingerprint density at radius 3 is 2.22 bits per heavy atom. The lowest BCUT2D eigenvalue weighted by Gasteiger charge is -2.12. The number of methoxy groups -OCH3 is 3. The fourth-order valence-electron chi connectivity index (χ4n) is 2.27. The predicted octanol–water partition coefficient (Wildman–Crippen LogP) is 3.43. The van der Waals surface area contributed by atoms with Gasteiger partial charge in [0, 0.05) is 17.3 Å². The molecule has 8 heteroatoms. The molecule has 7 nitrogen and oxygen atoms in total. The first-order valence-corrected chi connectivity index (χ1v) is 8.65. The number of anilines is 1. The van der Waals surface area contributed by atoms with E-state index in [1.54, 1.807) is 39.7 Å². The van der Waals surface area contributed by atoms with E-state index in [4.69, 9.17) is 31.2 Å². The molecular weight excluding hydrogens is 366 g/mol. The van der Waals surface area contributed by atoms with Gasteiger partial charge in [0.05, 0.1) is 34.2 Å². The lowest BCUT2D eigenvalue weighted by Crippen LogP contribution is -2.23. The maximum Gasteiger partial charge on any atom is 0.191 e. The molecule has 0 aromatic heterocycles. The van der Waals surface area contributed by atoms with Crippen LogP contribution in [0.2, 0.25) is 0 Å². The van der Waals surface area contributed by atoms with Crippen LogP contribution < -0.4 is 29.7 Å². The van der Waals surface area contributed by atoms with Crippen LogP contribution in [0.5, 0.6) is 23.0 Å². The molecule has 144 valence electrons. The summed E-state index contributed by atoms with van der Waals surface area (Å²) < 4.78 is 21.3. The number of nitrogens with zero attached hydrogens (tertiary/aromatic N) is 1. The number of thiocarbonyl (C=S) groups is 1. The summed E-state index contributed by atoms with van der Waals surface area (Å²) >= 11 is 5.24. The molecule has 0 aliphatic carbocycles. The normalized spacial score (nSPS) is 10.4. The number of hydrogen-bond acceptors (Lipinski definition) is 6. The van der Waals surface area contributed by atoms with Gasteiger partial charge in [-0.25, -0.2) is 0 Å². The molecule has 0 saturated carbocycles. The Morgan fingerprint density at radius 2 is 1.63 bits per heavy atom. The van der Waals surface area contributed by atoms with Gasteiger partial charge in [0.2, 0.25) is 0 Å². The molecule has 2 rings (SSSR count). The molecule has 0 unspecified atom stereocenters. The number of nitrogens with one attached hydrogen (secondary N) is 2. The van der Waals surface area contributed by atoms with Gasteiger partial charge in [0.15, 0.2) is 16.6 Å². The first-order chi connectivity index (χ1) is 13.1. The van der Waals surface area contributed by atoms with Gasteiger partial charge in [-0.05, 0) is 49.5 Å². The summed E-state index contributed by atoms with van der Waals surface area (Å²) in [4.78, 5) is 0. The number of hydrazone groups is 1. The molecule has 0 radical (unpaired) electrons. The van der Waals surface area contributed by atoms with Crippen molar-refractivity contribution in [1.82, 2.24) is 5.43 Å². The average molecular weight is 389 g/mol. The molecule has 2 aromatic carbocycles. The summed E-state index contributed by atoms with van der Waals surface area (Å²) in [6.45, 7) is 2.57. The minimum Gasteiger partial charge on any atom is -0.496 e. The van der Waals surface area contributed by atoms with E-state index in [0.29, 0.717) is 34.5 Å². The van der Waals surface area contributed by atoms with Crippen molar-refractivity contribution in [3.63, 3.8) is 0 Å². The first-order valence-electron chi connectivity index (χ1n) is 8.24. The second-order valence-corrected chi connectivity index (χ2v) is 5.64. The standard InChI is InChI=1S/C19H23N3O4S/c1-5-26-15-8-6-14(7-9-15)21-19(27)22-20-12-13-10-17(24-3)18(25-4)11-16(13)23-2/h6-12H,5H2,1-4H3,(H2,21,22,27)/b20-12-. The highest BCUT2D eigenvalue weighted by molar-refractivity contribution is 7.80. The van der Waals surface area contributed by atoms with Gasteiger partial charge >= 0.3 is 0 Å². The van der Waals surface area contributed by atoms with Gasteiger partial charge in [-0.15, -0.1) is 0 Å². The molecule has 0 amide bonds. The highest BCUT2D eigenvalue weighted by Gasteiger charge is 2.10. The van der Waals surface area contributed by atoms with Gasteiger partial charge in [-0.1, -0.05) is 0 Å². The third-order valence-electron chi connectivity index (χ3n) is 3.53. The molecule has 27 heavy (non-hydrogen) atoms. The molecule has 0 atom stereocenters. The van der Waals surface area contributed by atoms with E-state index < -0.39 is 0 Å². The number of rotatable bonds is 8. The van der Waals surface area contributed by atoms with Gasteiger partial charge in [-0.3, -0.25) is 5.43 Å². The summed E-state index contributed by atoms with van der Waals surface area (Å²) in [6, 6.07) is 11.0. The second-order valence-electron chi connectivity index (χ2n) is 5.23. The third-order valence-corrected chi connectivity index (χ3v) is 3.72. The lowest BCUT2D eigenvalue weighted by atomic mass is 10.2. The van der Waals surface area contributed by atoms with Crippen LogP contribution in [0.4, 0.5) is 5.69 Å². The van der Waals surface area contributed by atoms with Crippen LogP contribution >= 0.6 is 12.2 Å². The molecule has 0 spiro atoms. The second kappa shape index (κ2) is 10.2. The topological polar surface area (TPSA) is 73.3 Å². The Labute approximate surface area is 164 Å². The van der Waals surface area contributed by atoms with Crippen molar-refractivity contribution in [3.05, 3.63) is 42.0 Å². The van der Waals surface area contributed by atoms with Crippen LogP contribution in [0.1, 0.15) is 12.5 Å². The smallest absolute Gasteiger partial charge is 0.191 e. The number of hydrogen-bond donors (Lipinski definition) is 2. The largest absolute Gasteiger partial charge is 0.496 e. The molecule has 0 aliphatic rings. The predicted molar refractivity (Wildman–Crippen MR) is 111 cm³/mol. The van der Waals surface area contributed by atoms with E-state index in [1.165, 1.54) is 0 Å². The lowest BCUT2D eigenvalue weighted by molar-refractivity contribution is 0.340. The molecule has 2 N–H and O–H groups in total. The Hall–Kier alpha value is -3.00. The molecule has 2 aromatic rings. The zero-order valence-electron chi connectivity index (χ0n) is 15.7. The van der Waals surface area contributed by atoms with E-state index in [9.17, 15) is 0 Å². The van der Waals surface area contributed by atoms with Gasteiger partial charge in [-0.2, -0.15) is 5.10 Å². The quantitative estimate of drug-likeness (QED) is 0.407. The van der Waals surface area contributed by atoms with Crippen molar-refractivity contribution in [3.8, 4) is 23.0 Å². The number of ether oxygens (including phenoxy) is 4. The SMILES string of the molecule is CCOc1ccc(NC(=S)N/N=C\c2cc(OC)c(OC)cc2OC)cc1. The van der Waals surface area contributed by atoms with E-state index in [-0.39, 0.29) is 0 Å². The zero-order chi connectivity index (χ0) is 19.6. The highest BCUT2D eigenvalue weighted by atomic mass is 32.1. The fourth-order valence-corrected chi connectivity index (χ4v) is 2.44. The van der Waals surface area contributed by atoms with Crippen molar-refractivity contribution in [2.45, 2.75) is 6.92 Å². The summed E-state index contributed by atoms with van der Waals surface area (Å²) in [6.07, 6.45) is 1.59. The Balaban J connectivity index is 2.00. The van der Waals surface area contributed by atoms with Crippen molar-refractivity contribution < 1.29 is 18.9 Å². The van der Waals surface area contributed by atoms with Crippen molar-refractivity contribution in [2.75, 3.05) is 33.3 Å². The van der Waals surface area contributed by atoms with Gasteiger partial charge in [0.1, 0.15) is 11.5 Å². The van der Waals surface area contributed by atoms with Crippen LogP contribution in [0.3, 0.4) is 0 Å². The van der Waals surface area contributed by atoms with E-state index in [0.717, 1.165) is 11.4 Å². The molecule has 0 bridgehead atoms. The van der Waals surface area contributed by atoms with Crippen molar-refractivity contribution in [2.24, 2.45) is 5.10 Å². The minimum absolute atomic E-state index is 0.356. The minimum atomic E-state index is 0.356. The molecule has 0 aliphatic heterocycles. The monoisotopic (exact) mass is 389 g/mol. The first kappa shape index (κ1) is 20.3. The highest BCUT2D eigenvalue weighted by Crippen LogP contribution is 2.33. The van der Waals surface area contributed by atoms with Crippen LogP contribution in [-0.2, 0) is 0 Å². The molecule has 0 heterocycles.